The molecule has 0 fully saturated rings. The second-order valence-corrected chi connectivity index (χ2v) is 5.31. The Morgan fingerprint density at radius 2 is 1.76 bits per heavy atom. The lowest BCUT2D eigenvalue weighted by molar-refractivity contribution is 0.0749. The number of amides is 1. The second-order valence-electron chi connectivity index (χ2n) is 5.31. The zero-order chi connectivity index (χ0) is 15.7. The minimum atomic E-state index is 0.00578. The highest BCUT2D eigenvalue weighted by atomic mass is 16.2. The summed E-state index contributed by atoms with van der Waals surface area (Å²) in [6.07, 6.45) is 5.81. The van der Waals surface area contributed by atoms with Crippen LogP contribution < -0.4 is 4.90 Å². The van der Waals surface area contributed by atoms with Gasteiger partial charge in [-0.3, -0.25) is 4.79 Å². The number of anilines is 1. The Morgan fingerprint density at radius 3 is 2.33 bits per heavy atom. The van der Waals surface area contributed by atoms with Crippen LogP contribution >= 0.6 is 0 Å². The third-order valence-corrected chi connectivity index (χ3v) is 3.32. The lowest BCUT2D eigenvalue weighted by Crippen LogP contribution is -2.33. The van der Waals surface area contributed by atoms with Crippen molar-refractivity contribution in [3.05, 3.63) is 18.0 Å². The smallest absolute Gasteiger partial charge is 0.272 e. The maximum atomic E-state index is 12.5. The third kappa shape index (κ3) is 5.33. The van der Waals surface area contributed by atoms with Crippen molar-refractivity contribution in [3.63, 3.8) is 0 Å². The van der Waals surface area contributed by atoms with Crippen LogP contribution in [0.2, 0.25) is 0 Å². The summed E-state index contributed by atoms with van der Waals surface area (Å²) >= 11 is 0. The predicted molar refractivity (Wildman–Crippen MR) is 86.7 cm³/mol. The van der Waals surface area contributed by atoms with Crippen LogP contribution in [0.25, 0.3) is 0 Å². The summed E-state index contributed by atoms with van der Waals surface area (Å²) in [7, 11) is 1.97. The molecule has 0 saturated carbocycles. The van der Waals surface area contributed by atoms with Crippen LogP contribution in [0.15, 0.2) is 12.3 Å². The lowest BCUT2D eigenvalue weighted by atomic mass is 10.3. The van der Waals surface area contributed by atoms with Crippen molar-refractivity contribution < 1.29 is 4.79 Å². The van der Waals surface area contributed by atoms with Crippen molar-refractivity contribution in [3.8, 4) is 0 Å². The molecule has 5 heteroatoms. The van der Waals surface area contributed by atoms with Gasteiger partial charge in [0.2, 0.25) is 5.95 Å². The van der Waals surface area contributed by atoms with Gasteiger partial charge in [0.25, 0.3) is 5.91 Å². The summed E-state index contributed by atoms with van der Waals surface area (Å²) in [5.74, 6) is 0.633. The molecule has 5 nitrogen and oxygen atoms in total. The van der Waals surface area contributed by atoms with Crippen molar-refractivity contribution in [2.75, 3.05) is 31.6 Å². The van der Waals surface area contributed by atoms with E-state index in [-0.39, 0.29) is 5.91 Å². The topological polar surface area (TPSA) is 49.3 Å². The average Bonchev–Trinajstić information content (AvgIpc) is 2.51. The molecule has 0 aliphatic heterocycles. The minimum Gasteiger partial charge on any atom is -0.344 e. The normalized spacial score (nSPS) is 10.5. The number of carbonyl (C=O) groups is 1. The van der Waals surface area contributed by atoms with E-state index in [1.807, 2.05) is 16.8 Å². The molecule has 1 amide bonds. The van der Waals surface area contributed by atoms with Crippen LogP contribution in [0.5, 0.6) is 0 Å². The molecule has 0 aromatic carbocycles. The van der Waals surface area contributed by atoms with Crippen LogP contribution in [-0.4, -0.2) is 47.5 Å². The van der Waals surface area contributed by atoms with E-state index in [2.05, 4.69) is 30.7 Å². The van der Waals surface area contributed by atoms with Crippen LogP contribution in [0, 0.1) is 0 Å². The summed E-state index contributed by atoms with van der Waals surface area (Å²) in [6, 6.07) is 1.71. The number of hydrogen-bond acceptors (Lipinski definition) is 4. The molecule has 0 radical (unpaired) electrons. The summed E-state index contributed by atoms with van der Waals surface area (Å²) < 4.78 is 0. The Kier molecular flexibility index (Phi) is 7.72. The molecule has 0 aliphatic carbocycles. The van der Waals surface area contributed by atoms with Gasteiger partial charge < -0.3 is 9.80 Å². The van der Waals surface area contributed by atoms with Crippen LogP contribution in [0.1, 0.15) is 56.9 Å². The Morgan fingerprint density at radius 1 is 1.10 bits per heavy atom. The van der Waals surface area contributed by atoms with Gasteiger partial charge in [-0.15, -0.1) is 0 Å². The molecule has 1 aromatic heterocycles. The fourth-order valence-corrected chi connectivity index (χ4v) is 2.16. The zero-order valence-corrected chi connectivity index (χ0v) is 13.8. The summed E-state index contributed by atoms with van der Waals surface area (Å²) in [6.45, 7) is 8.78. The molecule has 21 heavy (non-hydrogen) atoms. The Labute approximate surface area is 128 Å². The Hall–Kier alpha value is -1.65. The first-order chi connectivity index (χ1) is 10.1. The van der Waals surface area contributed by atoms with Gasteiger partial charge in [-0.1, -0.05) is 27.2 Å². The van der Waals surface area contributed by atoms with Gasteiger partial charge in [0.15, 0.2) is 0 Å². The Bertz CT molecular complexity index is 430. The van der Waals surface area contributed by atoms with Gasteiger partial charge in [-0.05, 0) is 25.3 Å². The molecule has 1 aromatic rings. The second kappa shape index (κ2) is 9.32. The van der Waals surface area contributed by atoms with Gasteiger partial charge in [-0.25, -0.2) is 9.97 Å². The first kappa shape index (κ1) is 17.4. The average molecular weight is 292 g/mol. The van der Waals surface area contributed by atoms with Crippen LogP contribution in [0.4, 0.5) is 5.95 Å². The van der Waals surface area contributed by atoms with E-state index in [9.17, 15) is 4.79 Å². The zero-order valence-electron chi connectivity index (χ0n) is 13.8. The molecule has 1 rings (SSSR count). The first-order valence-electron chi connectivity index (χ1n) is 7.97. The number of hydrogen-bond donors (Lipinski definition) is 0. The predicted octanol–water partition coefficient (Wildman–Crippen LogP) is 2.98. The largest absolute Gasteiger partial charge is 0.344 e. The fraction of sp³-hybridized carbons (Fsp3) is 0.688. The highest BCUT2D eigenvalue weighted by Gasteiger charge is 2.17. The highest BCUT2D eigenvalue weighted by Crippen LogP contribution is 2.10. The first-order valence-corrected chi connectivity index (χ1v) is 7.97. The molecule has 0 aliphatic rings. The van der Waals surface area contributed by atoms with Crippen LogP contribution in [-0.2, 0) is 0 Å². The van der Waals surface area contributed by atoms with Crippen molar-refractivity contribution in [2.24, 2.45) is 0 Å². The molecule has 0 atom stereocenters. The molecule has 1 heterocycles. The van der Waals surface area contributed by atoms with Crippen molar-refractivity contribution in [1.29, 1.82) is 0 Å². The minimum absolute atomic E-state index is 0.00578. The van der Waals surface area contributed by atoms with Crippen molar-refractivity contribution in [1.82, 2.24) is 14.9 Å². The standard InChI is InChI=1S/C16H28N4O/c1-5-8-13-19(4)16-17-10-9-14(18-16)15(21)20(11-6-2)12-7-3/h9-10H,5-8,11-13H2,1-4H3. The van der Waals surface area contributed by atoms with E-state index in [4.69, 9.17) is 0 Å². The van der Waals surface area contributed by atoms with Crippen molar-refractivity contribution >= 4 is 11.9 Å². The quantitative estimate of drug-likeness (QED) is 0.702. The molecule has 0 N–H and O–H groups in total. The summed E-state index contributed by atoms with van der Waals surface area (Å²) in [5.41, 5.74) is 0.491. The number of unbranched alkanes of at least 4 members (excludes halogenated alkanes) is 1. The van der Waals surface area contributed by atoms with E-state index in [0.717, 1.165) is 45.3 Å². The van der Waals surface area contributed by atoms with E-state index in [1.165, 1.54) is 0 Å². The molecular weight excluding hydrogens is 264 g/mol. The van der Waals surface area contributed by atoms with Gasteiger partial charge in [0.05, 0.1) is 0 Å². The van der Waals surface area contributed by atoms with Gasteiger partial charge >= 0.3 is 0 Å². The molecular formula is C16H28N4O. The molecule has 0 saturated heterocycles. The van der Waals surface area contributed by atoms with Crippen LogP contribution in [0.3, 0.4) is 0 Å². The maximum Gasteiger partial charge on any atom is 0.272 e. The van der Waals surface area contributed by atoms with E-state index in [0.29, 0.717) is 11.6 Å². The number of carbonyl (C=O) groups excluding carboxylic acids is 1. The maximum absolute atomic E-state index is 12.5. The summed E-state index contributed by atoms with van der Waals surface area (Å²) in [4.78, 5) is 25.1. The van der Waals surface area contributed by atoms with Gasteiger partial charge in [0, 0.05) is 32.9 Å². The monoisotopic (exact) mass is 292 g/mol. The van der Waals surface area contributed by atoms with Gasteiger partial charge in [0.1, 0.15) is 5.69 Å². The number of aromatic nitrogens is 2. The molecule has 0 unspecified atom stereocenters. The third-order valence-electron chi connectivity index (χ3n) is 3.32. The van der Waals surface area contributed by atoms with Gasteiger partial charge in [-0.2, -0.15) is 0 Å². The summed E-state index contributed by atoms with van der Waals surface area (Å²) in [5, 5.41) is 0. The van der Waals surface area contributed by atoms with E-state index < -0.39 is 0 Å². The number of nitrogens with zero attached hydrogens (tertiary/aromatic N) is 4. The molecule has 0 bridgehead atoms. The molecule has 118 valence electrons. The van der Waals surface area contributed by atoms with E-state index >= 15 is 0 Å². The Balaban J connectivity index is 2.84. The van der Waals surface area contributed by atoms with Crippen molar-refractivity contribution in [2.45, 2.75) is 46.5 Å². The fourth-order valence-electron chi connectivity index (χ4n) is 2.16. The van der Waals surface area contributed by atoms with E-state index in [1.54, 1.807) is 12.3 Å². The molecule has 0 spiro atoms. The lowest BCUT2D eigenvalue weighted by Gasteiger charge is -2.22. The SMILES string of the molecule is CCCCN(C)c1nccc(C(=O)N(CCC)CCC)n1. The number of rotatable bonds is 9. The highest BCUT2D eigenvalue weighted by molar-refractivity contribution is 5.92.